The van der Waals surface area contributed by atoms with Crippen molar-refractivity contribution in [3.05, 3.63) is 34.9 Å². The molecule has 0 spiro atoms. The van der Waals surface area contributed by atoms with E-state index in [0.717, 1.165) is 12.3 Å². The van der Waals surface area contributed by atoms with Gasteiger partial charge in [0.2, 0.25) is 0 Å². The highest BCUT2D eigenvalue weighted by atomic mass is 14.6. The lowest BCUT2D eigenvalue weighted by Gasteiger charge is -2.25. The summed E-state index contributed by atoms with van der Waals surface area (Å²) in [5.74, 6) is 0.888. The van der Waals surface area contributed by atoms with Gasteiger partial charge in [-0.3, -0.25) is 0 Å². The molecule has 0 aliphatic heterocycles. The van der Waals surface area contributed by atoms with Gasteiger partial charge in [-0.25, -0.2) is 0 Å². The molecule has 0 radical (unpaired) electrons. The summed E-state index contributed by atoms with van der Waals surface area (Å²) in [5.41, 5.74) is 10.5. The zero-order valence-corrected chi connectivity index (χ0v) is 11.9. The molecule has 2 rings (SSSR count). The van der Waals surface area contributed by atoms with Crippen molar-refractivity contribution in [3.8, 4) is 0 Å². The Morgan fingerprint density at radius 2 is 1.89 bits per heavy atom. The highest BCUT2D eigenvalue weighted by Gasteiger charge is 2.17. The Bertz CT molecular complexity index is 377. The molecule has 1 atom stereocenters. The quantitative estimate of drug-likeness (QED) is 0.847. The van der Waals surface area contributed by atoms with E-state index in [9.17, 15) is 0 Å². The molecule has 2 N–H and O–H groups in total. The second-order valence-corrected chi connectivity index (χ2v) is 6.13. The first-order valence-electron chi connectivity index (χ1n) is 7.47. The first-order chi connectivity index (χ1) is 8.65. The van der Waals surface area contributed by atoms with Gasteiger partial charge in [0.05, 0.1) is 0 Å². The van der Waals surface area contributed by atoms with Crippen molar-refractivity contribution in [2.45, 2.75) is 64.8 Å². The van der Waals surface area contributed by atoms with Crippen molar-refractivity contribution in [2.75, 3.05) is 0 Å². The van der Waals surface area contributed by atoms with Crippen molar-refractivity contribution in [1.29, 1.82) is 0 Å². The smallest absolute Gasteiger partial charge is 0.00820 e. The van der Waals surface area contributed by atoms with Gasteiger partial charge in [0, 0.05) is 6.04 Å². The number of benzene rings is 1. The highest BCUT2D eigenvalue weighted by Crippen LogP contribution is 2.27. The molecule has 0 saturated heterocycles. The Morgan fingerprint density at radius 3 is 2.61 bits per heavy atom. The number of hydrogen-bond donors (Lipinski definition) is 1. The van der Waals surface area contributed by atoms with Crippen molar-refractivity contribution >= 4 is 0 Å². The van der Waals surface area contributed by atoms with Gasteiger partial charge in [-0.15, -0.1) is 0 Å². The van der Waals surface area contributed by atoms with Gasteiger partial charge >= 0.3 is 0 Å². The summed E-state index contributed by atoms with van der Waals surface area (Å²) >= 11 is 0. The first kappa shape index (κ1) is 13.6. The predicted octanol–water partition coefficient (Wildman–Crippen LogP) is 4.14. The van der Waals surface area contributed by atoms with Crippen LogP contribution < -0.4 is 5.73 Å². The molecule has 0 aromatic heterocycles. The van der Waals surface area contributed by atoms with E-state index < -0.39 is 0 Å². The Kier molecular flexibility index (Phi) is 4.82. The normalized spacial score (nSPS) is 18.8. The number of aryl methyl sites for hydroxylation is 2. The standard InChI is InChI=1S/C17H27N/c1-13-8-9-14(2)16(10-13)12-17(18)11-15-6-4-3-5-7-15/h8-10,15,17H,3-7,11-12,18H2,1-2H3. The van der Waals surface area contributed by atoms with Crippen molar-refractivity contribution in [2.24, 2.45) is 11.7 Å². The molecule has 1 aliphatic rings. The Hall–Kier alpha value is -0.820. The van der Waals surface area contributed by atoms with Crippen LogP contribution in [0.5, 0.6) is 0 Å². The Labute approximate surface area is 112 Å². The van der Waals surface area contributed by atoms with Crippen LogP contribution in [0.15, 0.2) is 18.2 Å². The molecule has 1 aliphatic carbocycles. The fourth-order valence-electron chi connectivity index (χ4n) is 3.24. The van der Waals surface area contributed by atoms with E-state index in [1.165, 1.54) is 55.2 Å². The number of nitrogens with two attached hydrogens (primary N) is 1. The minimum absolute atomic E-state index is 0.341. The molecule has 0 bridgehead atoms. The van der Waals surface area contributed by atoms with E-state index in [2.05, 4.69) is 32.0 Å². The largest absolute Gasteiger partial charge is 0.327 e. The summed E-state index contributed by atoms with van der Waals surface area (Å²) in [6.07, 6.45) is 9.34. The molecular formula is C17H27N. The van der Waals surface area contributed by atoms with Gasteiger partial charge in [-0.2, -0.15) is 0 Å². The lowest BCUT2D eigenvalue weighted by molar-refractivity contribution is 0.316. The molecule has 1 nitrogen and oxygen atoms in total. The molecule has 100 valence electrons. The fourth-order valence-corrected chi connectivity index (χ4v) is 3.24. The molecule has 1 aromatic carbocycles. The maximum Gasteiger partial charge on any atom is 0.00820 e. The van der Waals surface area contributed by atoms with Crippen molar-refractivity contribution in [1.82, 2.24) is 0 Å². The molecule has 1 unspecified atom stereocenters. The summed E-state index contributed by atoms with van der Waals surface area (Å²) < 4.78 is 0. The molecule has 1 saturated carbocycles. The second kappa shape index (κ2) is 6.38. The monoisotopic (exact) mass is 245 g/mol. The summed E-state index contributed by atoms with van der Waals surface area (Å²) in [7, 11) is 0. The fraction of sp³-hybridized carbons (Fsp3) is 0.647. The minimum Gasteiger partial charge on any atom is -0.327 e. The molecular weight excluding hydrogens is 218 g/mol. The van der Waals surface area contributed by atoms with Crippen LogP contribution in [0, 0.1) is 19.8 Å². The SMILES string of the molecule is Cc1ccc(C)c(CC(N)CC2CCCCC2)c1. The maximum absolute atomic E-state index is 6.36. The Morgan fingerprint density at radius 1 is 1.17 bits per heavy atom. The number of hydrogen-bond acceptors (Lipinski definition) is 1. The Balaban J connectivity index is 1.89. The lowest BCUT2D eigenvalue weighted by Crippen LogP contribution is -2.27. The minimum atomic E-state index is 0.341. The van der Waals surface area contributed by atoms with E-state index >= 15 is 0 Å². The lowest BCUT2D eigenvalue weighted by atomic mass is 9.83. The molecule has 1 fully saturated rings. The van der Waals surface area contributed by atoms with Gasteiger partial charge in [-0.1, -0.05) is 55.9 Å². The van der Waals surface area contributed by atoms with Gasteiger partial charge < -0.3 is 5.73 Å². The second-order valence-electron chi connectivity index (χ2n) is 6.13. The third-order valence-electron chi connectivity index (χ3n) is 4.35. The molecule has 18 heavy (non-hydrogen) atoms. The van der Waals surface area contributed by atoms with Crippen LogP contribution in [-0.2, 0) is 6.42 Å². The van der Waals surface area contributed by atoms with Gasteiger partial charge in [0.25, 0.3) is 0 Å². The first-order valence-corrected chi connectivity index (χ1v) is 7.47. The van der Waals surface area contributed by atoms with Crippen LogP contribution in [0.1, 0.15) is 55.2 Å². The summed E-state index contributed by atoms with van der Waals surface area (Å²) in [4.78, 5) is 0. The van der Waals surface area contributed by atoms with Crippen LogP contribution in [-0.4, -0.2) is 6.04 Å². The predicted molar refractivity (Wildman–Crippen MR) is 78.8 cm³/mol. The van der Waals surface area contributed by atoms with Gasteiger partial charge in [0.15, 0.2) is 0 Å². The van der Waals surface area contributed by atoms with Gasteiger partial charge in [0.1, 0.15) is 0 Å². The zero-order chi connectivity index (χ0) is 13.0. The van der Waals surface area contributed by atoms with E-state index in [1.807, 2.05) is 0 Å². The van der Waals surface area contributed by atoms with Crippen LogP contribution >= 0.6 is 0 Å². The van der Waals surface area contributed by atoms with Crippen LogP contribution in [0.4, 0.5) is 0 Å². The van der Waals surface area contributed by atoms with E-state index in [0.29, 0.717) is 6.04 Å². The summed E-state index contributed by atoms with van der Waals surface area (Å²) in [6.45, 7) is 4.36. The third kappa shape index (κ3) is 3.84. The molecule has 0 amide bonds. The molecule has 1 aromatic rings. The van der Waals surface area contributed by atoms with Crippen LogP contribution in [0.2, 0.25) is 0 Å². The van der Waals surface area contributed by atoms with Crippen molar-refractivity contribution < 1.29 is 0 Å². The average molecular weight is 245 g/mol. The highest BCUT2D eigenvalue weighted by molar-refractivity contribution is 5.31. The summed E-state index contributed by atoms with van der Waals surface area (Å²) in [5, 5.41) is 0. The van der Waals surface area contributed by atoms with E-state index in [-0.39, 0.29) is 0 Å². The van der Waals surface area contributed by atoms with Crippen LogP contribution in [0.3, 0.4) is 0 Å². The zero-order valence-electron chi connectivity index (χ0n) is 11.9. The average Bonchev–Trinajstić information content (AvgIpc) is 2.35. The van der Waals surface area contributed by atoms with Crippen LogP contribution in [0.25, 0.3) is 0 Å². The molecule has 1 heteroatoms. The van der Waals surface area contributed by atoms with Gasteiger partial charge in [-0.05, 0) is 43.7 Å². The third-order valence-corrected chi connectivity index (χ3v) is 4.35. The maximum atomic E-state index is 6.36. The van der Waals surface area contributed by atoms with E-state index in [1.54, 1.807) is 0 Å². The molecule has 0 heterocycles. The van der Waals surface area contributed by atoms with E-state index in [4.69, 9.17) is 5.73 Å². The topological polar surface area (TPSA) is 26.0 Å². The summed E-state index contributed by atoms with van der Waals surface area (Å²) in [6, 6.07) is 7.05. The van der Waals surface area contributed by atoms with Crippen molar-refractivity contribution in [3.63, 3.8) is 0 Å². The number of rotatable bonds is 4.